The lowest BCUT2D eigenvalue weighted by atomic mass is 10.00. The molecule has 1 N–H and O–H groups in total. The van der Waals surface area contributed by atoms with Gasteiger partial charge in [0.05, 0.1) is 0 Å². The molecule has 0 aromatic carbocycles. The van der Waals surface area contributed by atoms with E-state index in [1.54, 1.807) is 0 Å². The van der Waals surface area contributed by atoms with Crippen molar-refractivity contribution >= 4 is 0 Å². The van der Waals surface area contributed by atoms with Gasteiger partial charge in [0.15, 0.2) is 0 Å². The van der Waals surface area contributed by atoms with E-state index in [1.165, 1.54) is 19.4 Å². The monoisotopic (exact) mass is 271 g/mol. The maximum Gasteiger partial charge on any atom is 0.0469 e. The Kier molecular flexibility index (Phi) is 9.43. The summed E-state index contributed by atoms with van der Waals surface area (Å²) in [5, 5.41) is 3.54. The highest BCUT2D eigenvalue weighted by Gasteiger charge is 2.15. The second kappa shape index (κ2) is 10.6. The van der Waals surface area contributed by atoms with Crippen molar-refractivity contribution in [3.05, 3.63) is 0 Å². The summed E-state index contributed by atoms with van der Waals surface area (Å²) in [6.45, 7) is 14.4. The standard InChI is InChI=1S/C15H33N3O/c1-4-18(5-2)11-9-16-8-10-17(3)14-15-6-12-19-13-7-15/h15-16H,4-14H2,1-3H3. The summed E-state index contributed by atoms with van der Waals surface area (Å²) in [4.78, 5) is 4.92. The first kappa shape index (κ1) is 16.9. The van der Waals surface area contributed by atoms with Crippen molar-refractivity contribution in [1.29, 1.82) is 0 Å². The topological polar surface area (TPSA) is 27.7 Å². The lowest BCUT2D eigenvalue weighted by Gasteiger charge is -2.27. The van der Waals surface area contributed by atoms with Gasteiger partial charge in [-0.05, 0) is 38.9 Å². The van der Waals surface area contributed by atoms with E-state index in [-0.39, 0.29) is 0 Å². The lowest BCUT2D eigenvalue weighted by molar-refractivity contribution is 0.0558. The van der Waals surface area contributed by atoms with E-state index in [0.29, 0.717) is 0 Å². The molecule has 0 saturated carbocycles. The highest BCUT2D eigenvalue weighted by Crippen LogP contribution is 2.15. The molecule has 0 amide bonds. The predicted octanol–water partition coefficient (Wildman–Crippen LogP) is 1.28. The van der Waals surface area contributed by atoms with Crippen LogP contribution in [0.3, 0.4) is 0 Å². The number of hydrogen-bond donors (Lipinski definition) is 1. The zero-order valence-electron chi connectivity index (χ0n) is 13.2. The van der Waals surface area contributed by atoms with Crippen LogP contribution < -0.4 is 5.32 Å². The van der Waals surface area contributed by atoms with Crippen molar-refractivity contribution < 1.29 is 4.74 Å². The molecule has 1 aliphatic rings. The molecule has 1 fully saturated rings. The maximum absolute atomic E-state index is 5.40. The van der Waals surface area contributed by atoms with Crippen LogP contribution in [-0.2, 0) is 4.74 Å². The van der Waals surface area contributed by atoms with Crippen molar-refractivity contribution in [2.75, 3.05) is 66.1 Å². The fourth-order valence-electron chi connectivity index (χ4n) is 2.63. The van der Waals surface area contributed by atoms with Crippen LogP contribution in [0.5, 0.6) is 0 Å². The van der Waals surface area contributed by atoms with Gasteiger partial charge in [0.1, 0.15) is 0 Å². The molecule has 0 unspecified atom stereocenters. The summed E-state index contributed by atoms with van der Waals surface area (Å²) in [6, 6.07) is 0. The molecule has 0 aromatic heterocycles. The van der Waals surface area contributed by atoms with Crippen LogP contribution in [0.15, 0.2) is 0 Å². The van der Waals surface area contributed by atoms with Crippen LogP contribution in [0.25, 0.3) is 0 Å². The Bertz CT molecular complexity index is 204. The summed E-state index contributed by atoms with van der Waals surface area (Å²) in [5.41, 5.74) is 0. The van der Waals surface area contributed by atoms with E-state index in [0.717, 1.165) is 58.4 Å². The van der Waals surface area contributed by atoms with E-state index in [9.17, 15) is 0 Å². The molecule has 4 heteroatoms. The molecule has 114 valence electrons. The molecule has 0 aromatic rings. The van der Waals surface area contributed by atoms with Gasteiger partial charge in [-0.2, -0.15) is 0 Å². The molecule has 19 heavy (non-hydrogen) atoms. The third kappa shape index (κ3) is 7.88. The number of rotatable bonds is 10. The van der Waals surface area contributed by atoms with Gasteiger partial charge >= 0.3 is 0 Å². The van der Waals surface area contributed by atoms with E-state index in [4.69, 9.17) is 4.74 Å². The molecule has 0 atom stereocenters. The number of ether oxygens (including phenoxy) is 1. The first-order valence-electron chi connectivity index (χ1n) is 7.95. The van der Waals surface area contributed by atoms with E-state index < -0.39 is 0 Å². The Balaban J connectivity index is 1.96. The Morgan fingerprint density at radius 2 is 1.68 bits per heavy atom. The minimum atomic E-state index is 0.842. The Hall–Kier alpha value is -0.160. The second-order valence-electron chi connectivity index (χ2n) is 5.59. The van der Waals surface area contributed by atoms with Crippen molar-refractivity contribution in [3.63, 3.8) is 0 Å². The highest BCUT2D eigenvalue weighted by atomic mass is 16.5. The van der Waals surface area contributed by atoms with Crippen LogP contribution >= 0.6 is 0 Å². The molecule has 1 rings (SSSR count). The first-order chi connectivity index (χ1) is 9.26. The summed E-state index contributed by atoms with van der Waals surface area (Å²) in [7, 11) is 2.24. The fraction of sp³-hybridized carbons (Fsp3) is 1.00. The molecular formula is C15H33N3O. The summed E-state index contributed by atoms with van der Waals surface area (Å²) in [5.74, 6) is 0.842. The molecule has 0 bridgehead atoms. The van der Waals surface area contributed by atoms with Crippen molar-refractivity contribution in [3.8, 4) is 0 Å². The predicted molar refractivity (Wildman–Crippen MR) is 81.7 cm³/mol. The number of hydrogen-bond acceptors (Lipinski definition) is 4. The molecular weight excluding hydrogens is 238 g/mol. The van der Waals surface area contributed by atoms with Gasteiger partial charge in [-0.15, -0.1) is 0 Å². The minimum Gasteiger partial charge on any atom is -0.381 e. The highest BCUT2D eigenvalue weighted by molar-refractivity contribution is 4.68. The van der Waals surface area contributed by atoms with Crippen LogP contribution in [0.1, 0.15) is 26.7 Å². The first-order valence-corrected chi connectivity index (χ1v) is 7.95. The van der Waals surface area contributed by atoms with Crippen LogP contribution in [-0.4, -0.2) is 75.9 Å². The van der Waals surface area contributed by atoms with Crippen molar-refractivity contribution in [2.24, 2.45) is 5.92 Å². The Morgan fingerprint density at radius 3 is 2.32 bits per heavy atom. The zero-order chi connectivity index (χ0) is 13.9. The van der Waals surface area contributed by atoms with Crippen molar-refractivity contribution in [2.45, 2.75) is 26.7 Å². The molecule has 1 saturated heterocycles. The molecule has 0 spiro atoms. The van der Waals surface area contributed by atoms with Gasteiger partial charge in [0.2, 0.25) is 0 Å². The molecule has 1 heterocycles. The molecule has 4 nitrogen and oxygen atoms in total. The number of nitrogens with zero attached hydrogens (tertiary/aromatic N) is 2. The van der Waals surface area contributed by atoms with E-state index >= 15 is 0 Å². The normalized spacial score (nSPS) is 17.5. The Morgan fingerprint density at radius 1 is 1.05 bits per heavy atom. The van der Waals surface area contributed by atoms with Gasteiger partial charge in [-0.25, -0.2) is 0 Å². The molecule has 0 radical (unpaired) electrons. The third-order valence-electron chi connectivity index (χ3n) is 4.08. The average molecular weight is 271 g/mol. The third-order valence-corrected chi connectivity index (χ3v) is 4.08. The van der Waals surface area contributed by atoms with E-state index in [1.807, 2.05) is 0 Å². The van der Waals surface area contributed by atoms with Gasteiger partial charge < -0.3 is 19.9 Å². The van der Waals surface area contributed by atoms with Gasteiger partial charge in [-0.3, -0.25) is 0 Å². The van der Waals surface area contributed by atoms with Gasteiger partial charge in [0, 0.05) is 45.9 Å². The Labute approximate surface area is 119 Å². The minimum absolute atomic E-state index is 0.842. The fourth-order valence-corrected chi connectivity index (χ4v) is 2.63. The molecule has 0 aliphatic carbocycles. The van der Waals surface area contributed by atoms with Crippen LogP contribution in [0, 0.1) is 5.92 Å². The maximum atomic E-state index is 5.40. The summed E-state index contributed by atoms with van der Waals surface area (Å²) < 4.78 is 5.40. The van der Waals surface area contributed by atoms with Crippen LogP contribution in [0.4, 0.5) is 0 Å². The van der Waals surface area contributed by atoms with Crippen LogP contribution in [0.2, 0.25) is 0 Å². The second-order valence-corrected chi connectivity index (χ2v) is 5.59. The average Bonchev–Trinajstić information content (AvgIpc) is 2.44. The van der Waals surface area contributed by atoms with Crippen molar-refractivity contribution in [1.82, 2.24) is 15.1 Å². The number of likely N-dealkylation sites (N-methyl/N-ethyl adjacent to an activating group) is 2. The smallest absolute Gasteiger partial charge is 0.0469 e. The SMILES string of the molecule is CCN(CC)CCNCCN(C)CC1CCOCC1. The zero-order valence-corrected chi connectivity index (χ0v) is 13.2. The van der Waals surface area contributed by atoms with E-state index in [2.05, 4.69) is 36.0 Å². The summed E-state index contributed by atoms with van der Waals surface area (Å²) >= 11 is 0. The number of nitrogens with one attached hydrogen (secondary N) is 1. The van der Waals surface area contributed by atoms with Gasteiger partial charge in [-0.1, -0.05) is 13.8 Å². The van der Waals surface area contributed by atoms with Gasteiger partial charge in [0.25, 0.3) is 0 Å². The summed E-state index contributed by atoms with van der Waals surface area (Å²) in [6.07, 6.45) is 2.47. The molecule has 1 aliphatic heterocycles. The quantitative estimate of drug-likeness (QED) is 0.606. The largest absolute Gasteiger partial charge is 0.381 e. The lowest BCUT2D eigenvalue weighted by Crippen LogP contribution is -2.37.